The molecule has 0 spiro atoms. The van der Waals surface area contributed by atoms with Gasteiger partial charge < -0.3 is 10.0 Å². The van der Waals surface area contributed by atoms with Crippen LogP contribution in [0.5, 0.6) is 0 Å². The van der Waals surface area contributed by atoms with Gasteiger partial charge in [0, 0.05) is 12.2 Å². The first-order valence-electron chi connectivity index (χ1n) is 6.88. The first-order chi connectivity index (χ1) is 9.68. The highest BCUT2D eigenvalue weighted by molar-refractivity contribution is 8.00. The van der Waals surface area contributed by atoms with Crippen LogP contribution in [0.4, 0.5) is 5.69 Å². The van der Waals surface area contributed by atoms with Crippen LogP contribution in [0.1, 0.15) is 25.7 Å². The van der Waals surface area contributed by atoms with Crippen molar-refractivity contribution in [1.82, 2.24) is 0 Å². The fraction of sp³-hybridized carbons (Fsp3) is 0.467. The van der Waals surface area contributed by atoms with Crippen molar-refractivity contribution in [3.63, 3.8) is 0 Å². The normalized spacial score (nSPS) is 18.5. The largest absolute Gasteiger partial charge is 0.481 e. The van der Waals surface area contributed by atoms with Gasteiger partial charge in [-0.2, -0.15) is 0 Å². The van der Waals surface area contributed by atoms with Gasteiger partial charge in [-0.3, -0.25) is 9.59 Å². The first kappa shape index (κ1) is 14.9. The molecule has 1 aliphatic rings. The maximum absolute atomic E-state index is 12.6. The van der Waals surface area contributed by atoms with Gasteiger partial charge in [-0.25, -0.2) is 0 Å². The van der Waals surface area contributed by atoms with E-state index in [4.69, 9.17) is 5.11 Å². The van der Waals surface area contributed by atoms with Crippen LogP contribution >= 0.6 is 11.8 Å². The number of carboxylic acids is 1. The predicted molar refractivity (Wildman–Crippen MR) is 81.1 cm³/mol. The average Bonchev–Trinajstić information content (AvgIpc) is 2.49. The minimum Gasteiger partial charge on any atom is -0.481 e. The Morgan fingerprint density at radius 2 is 2.00 bits per heavy atom. The molecule has 2 rings (SSSR count). The zero-order valence-corrected chi connectivity index (χ0v) is 12.1. The third-order valence-corrected chi connectivity index (χ3v) is 4.70. The molecule has 1 fully saturated rings. The van der Waals surface area contributed by atoms with E-state index in [0.717, 1.165) is 30.7 Å². The smallest absolute Gasteiger partial charge is 0.305 e. The Bertz CT molecular complexity index is 457. The Balaban J connectivity index is 2.12. The van der Waals surface area contributed by atoms with Crippen molar-refractivity contribution in [3.05, 3.63) is 30.3 Å². The number of nitrogens with zero attached hydrogens (tertiary/aromatic N) is 1. The molecule has 0 saturated carbocycles. The van der Waals surface area contributed by atoms with E-state index in [1.165, 1.54) is 0 Å². The molecule has 1 heterocycles. The fourth-order valence-electron chi connectivity index (χ4n) is 2.29. The number of carbonyl (C=O) groups is 2. The number of para-hydroxylation sites is 1. The molecule has 1 aromatic carbocycles. The summed E-state index contributed by atoms with van der Waals surface area (Å²) in [4.78, 5) is 25.0. The molecule has 0 aromatic heterocycles. The maximum atomic E-state index is 12.6. The summed E-state index contributed by atoms with van der Waals surface area (Å²) in [7, 11) is 0. The molecule has 1 saturated heterocycles. The van der Waals surface area contributed by atoms with Crippen molar-refractivity contribution >= 4 is 29.3 Å². The van der Waals surface area contributed by atoms with Gasteiger partial charge in [0.25, 0.3) is 0 Å². The molecule has 20 heavy (non-hydrogen) atoms. The van der Waals surface area contributed by atoms with Gasteiger partial charge in [-0.1, -0.05) is 24.6 Å². The minimum absolute atomic E-state index is 0.0297. The second-order valence-corrected chi connectivity index (χ2v) is 6.13. The van der Waals surface area contributed by atoms with Crippen LogP contribution in [0.15, 0.2) is 30.3 Å². The van der Waals surface area contributed by atoms with E-state index in [-0.39, 0.29) is 24.1 Å². The van der Waals surface area contributed by atoms with Gasteiger partial charge in [-0.15, -0.1) is 11.8 Å². The summed E-state index contributed by atoms with van der Waals surface area (Å²) in [6.45, 7) is 0.231. The lowest BCUT2D eigenvalue weighted by Gasteiger charge is -2.28. The number of thioether (sulfide) groups is 1. The number of hydrogen-bond acceptors (Lipinski definition) is 3. The van der Waals surface area contributed by atoms with E-state index < -0.39 is 5.97 Å². The van der Waals surface area contributed by atoms with Gasteiger partial charge in [-0.05, 0) is 30.7 Å². The van der Waals surface area contributed by atoms with Crippen molar-refractivity contribution in [3.8, 4) is 0 Å². The highest BCUT2D eigenvalue weighted by atomic mass is 32.2. The van der Waals surface area contributed by atoms with Crippen molar-refractivity contribution in [2.24, 2.45) is 0 Å². The zero-order chi connectivity index (χ0) is 14.4. The molecule has 1 amide bonds. The minimum atomic E-state index is -0.880. The van der Waals surface area contributed by atoms with Gasteiger partial charge >= 0.3 is 5.97 Å². The lowest BCUT2D eigenvalue weighted by molar-refractivity contribution is -0.136. The summed E-state index contributed by atoms with van der Waals surface area (Å²) < 4.78 is 0. The molecule has 5 heteroatoms. The highest BCUT2D eigenvalue weighted by Gasteiger charge is 2.27. The molecule has 1 N–H and O–H groups in total. The number of rotatable bonds is 5. The Morgan fingerprint density at radius 1 is 1.25 bits per heavy atom. The number of carbonyl (C=O) groups excluding carboxylic acids is 1. The molecule has 1 aromatic rings. The van der Waals surface area contributed by atoms with E-state index in [0.29, 0.717) is 0 Å². The summed E-state index contributed by atoms with van der Waals surface area (Å²) in [5, 5.41) is 8.83. The summed E-state index contributed by atoms with van der Waals surface area (Å²) in [6.07, 6.45) is 3.10. The lowest BCUT2D eigenvalue weighted by Crippen LogP contribution is -2.40. The molecule has 108 valence electrons. The molecular weight excluding hydrogens is 274 g/mol. The van der Waals surface area contributed by atoms with Crippen LogP contribution in [0, 0.1) is 0 Å². The molecular formula is C15H19NO3S. The summed E-state index contributed by atoms with van der Waals surface area (Å²) in [5.74, 6) is 0.176. The monoisotopic (exact) mass is 293 g/mol. The Morgan fingerprint density at radius 3 is 2.60 bits per heavy atom. The second-order valence-electron chi connectivity index (χ2n) is 4.82. The molecule has 1 unspecified atom stereocenters. The van der Waals surface area contributed by atoms with Crippen molar-refractivity contribution in [1.29, 1.82) is 0 Å². The van der Waals surface area contributed by atoms with Gasteiger partial charge in [0.15, 0.2) is 0 Å². The summed E-state index contributed by atoms with van der Waals surface area (Å²) >= 11 is 1.69. The number of hydrogen-bond donors (Lipinski definition) is 1. The van der Waals surface area contributed by atoms with Crippen molar-refractivity contribution < 1.29 is 14.7 Å². The number of carboxylic acid groups (broad SMARTS) is 1. The Labute approximate surface area is 123 Å². The number of benzene rings is 1. The van der Waals surface area contributed by atoms with Crippen LogP contribution < -0.4 is 4.90 Å². The number of amides is 1. The number of anilines is 1. The van der Waals surface area contributed by atoms with Gasteiger partial charge in [0.1, 0.15) is 0 Å². The van der Waals surface area contributed by atoms with Crippen LogP contribution in [-0.4, -0.2) is 34.5 Å². The SMILES string of the molecule is O=C(O)CCN(C(=O)C1CCCCS1)c1ccccc1. The highest BCUT2D eigenvalue weighted by Crippen LogP contribution is 2.28. The van der Waals surface area contributed by atoms with Crippen LogP contribution in [0.25, 0.3) is 0 Å². The standard InChI is InChI=1S/C15H19NO3S/c17-14(18)9-10-16(12-6-2-1-3-7-12)15(19)13-8-4-5-11-20-13/h1-3,6-7,13H,4-5,8-11H2,(H,17,18). The topological polar surface area (TPSA) is 57.6 Å². The van der Waals surface area contributed by atoms with Crippen LogP contribution in [0.3, 0.4) is 0 Å². The van der Waals surface area contributed by atoms with E-state index in [1.807, 2.05) is 30.3 Å². The quantitative estimate of drug-likeness (QED) is 0.907. The van der Waals surface area contributed by atoms with Crippen LogP contribution in [-0.2, 0) is 9.59 Å². The van der Waals surface area contributed by atoms with Gasteiger partial charge in [0.2, 0.25) is 5.91 Å². The molecule has 1 atom stereocenters. The van der Waals surface area contributed by atoms with Crippen molar-refractivity contribution in [2.45, 2.75) is 30.9 Å². The molecule has 0 bridgehead atoms. The number of aliphatic carboxylic acids is 1. The summed E-state index contributed by atoms with van der Waals surface area (Å²) in [6, 6.07) is 9.33. The third-order valence-electron chi connectivity index (χ3n) is 3.34. The van der Waals surface area contributed by atoms with Crippen molar-refractivity contribution in [2.75, 3.05) is 17.2 Å². The van der Waals surface area contributed by atoms with E-state index >= 15 is 0 Å². The fourth-order valence-corrected chi connectivity index (χ4v) is 3.55. The molecule has 1 aliphatic heterocycles. The lowest BCUT2D eigenvalue weighted by atomic mass is 10.1. The first-order valence-corrected chi connectivity index (χ1v) is 7.93. The second kappa shape index (κ2) is 7.33. The third kappa shape index (κ3) is 4.00. The van der Waals surface area contributed by atoms with E-state index in [1.54, 1.807) is 16.7 Å². The predicted octanol–water partition coefficient (Wildman–Crippen LogP) is 2.78. The average molecular weight is 293 g/mol. The summed E-state index contributed by atoms with van der Waals surface area (Å²) in [5.41, 5.74) is 0.782. The maximum Gasteiger partial charge on any atom is 0.305 e. The van der Waals surface area contributed by atoms with E-state index in [9.17, 15) is 9.59 Å². The molecule has 0 radical (unpaired) electrons. The van der Waals surface area contributed by atoms with E-state index in [2.05, 4.69) is 0 Å². The van der Waals surface area contributed by atoms with Gasteiger partial charge in [0.05, 0.1) is 11.7 Å². The zero-order valence-electron chi connectivity index (χ0n) is 11.3. The Kier molecular flexibility index (Phi) is 5.47. The molecule has 0 aliphatic carbocycles. The van der Waals surface area contributed by atoms with Crippen LogP contribution in [0.2, 0.25) is 0 Å². The molecule has 4 nitrogen and oxygen atoms in total. The Hall–Kier alpha value is -1.49.